The molecule has 0 saturated heterocycles. The molecule has 0 aliphatic heterocycles. The summed E-state index contributed by atoms with van der Waals surface area (Å²) < 4.78 is 35.4. The summed E-state index contributed by atoms with van der Waals surface area (Å²) in [6, 6.07) is 3.99. The first-order valence-electron chi connectivity index (χ1n) is 3.26. The number of methoxy groups -OCH3 is 1. The molecule has 0 saturated carbocycles. The third-order valence-electron chi connectivity index (χ3n) is 1.42. The van der Waals surface area contributed by atoms with E-state index in [-0.39, 0.29) is 17.3 Å². The van der Waals surface area contributed by atoms with Crippen LogP contribution in [0.15, 0.2) is 27.6 Å². The highest BCUT2D eigenvalue weighted by atomic mass is 79.9. The van der Waals surface area contributed by atoms with E-state index in [9.17, 15) is 8.42 Å². The minimum Gasteiger partial charge on any atom is -0.496 e. The van der Waals surface area contributed by atoms with Gasteiger partial charge in [0.15, 0.2) is 0 Å². The van der Waals surface area contributed by atoms with E-state index in [4.69, 9.17) is 9.29 Å². The van der Waals surface area contributed by atoms with Crippen molar-refractivity contribution in [1.29, 1.82) is 0 Å². The van der Waals surface area contributed by atoms with Crippen LogP contribution in [0.1, 0.15) is 0 Å². The Morgan fingerprint density at radius 3 is 2.36 bits per heavy atom. The summed E-state index contributed by atoms with van der Waals surface area (Å²) in [5.41, 5.74) is 0. The molecule has 0 amide bonds. The molecule has 0 radical (unpaired) electrons. The smallest absolute Gasteiger partial charge is 0.294 e. The Morgan fingerprint density at radius 2 is 2.00 bits per heavy atom. The number of halogens is 2. The van der Waals surface area contributed by atoms with Crippen molar-refractivity contribution < 1.29 is 17.7 Å². The van der Waals surface area contributed by atoms with E-state index < -0.39 is 10.1 Å². The molecule has 0 atom stereocenters. The molecule has 0 bridgehead atoms. The van der Waals surface area contributed by atoms with Crippen molar-refractivity contribution in [2.45, 2.75) is 4.90 Å². The molecule has 1 N–H and O–H groups in total. The van der Waals surface area contributed by atoms with E-state index >= 15 is 0 Å². The molecule has 0 spiro atoms. The predicted octanol–water partition coefficient (Wildman–Crippen LogP) is 2.13. The van der Waals surface area contributed by atoms with Crippen LogP contribution < -0.4 is 4.74 Å². The topological polar surface area (TPSA) is 63.6 Å². The molecule has 1 aromatic rings. The van der Waals surface area contributed by atoms with Gasteiger partial charge in [0, 0.05) is 0 Å². The molecule has 1 rings (SSSR count). The quantitative estimate of drug-likeness (QED) is 0.850. The number of hydrogen-bond donors (Lipinski definition) is 1. The first-order valence-corrected chi connectivity index (χ1v) is 5.49. The molecule has 0 aliphatic carbocycles. The molecule has 0 aliphatic rings. The Balaban J connectivity index is 0.00000169. The van der Waals surface area contributed by atoms with Crippen LogP contribution in [0.3, 0.4) is 0 Å². The second-order valence-electron chi connectivity index (χ2n) is 2.27. The van der Waals surface area contributed by atoms with E-state index in [0.29, 0.717) is 10.2 Å². The lowest BCUT2D eigenvalue weighted by atomic mass is 10.3. The molecule has 0 unspecified atom stereocenters. The fourth-order valence-corrected chi connectivity index (χ4v) is 2.01. The molecule has 1 aromatic carbocycles. The fraction of sp³-hybridized carbons (Fsp3) is 0.143. The molecule has 0 heterocycles. The van der Waals surface area contributed by atoms with Crippen molar-refractivity contribution in [3.63, 3.8) is 0 Å². The summed E-state index contributed by atoms with van der Waals surface area (Å²) in [7, 11) is -2.67. The molecule has 0 fully saturated rings. The van der Waals surface area contributed by atoms with Gasteiger partial charge in [-0.3, -0.25) is 4.55 Å². The second-order valence-corrected chi connectivity index (χ2v) is 4.55. The zero-order valence-corrected chi connectivity index (χ0v) is 10.3. The largest absolute Gasteiger partial charge is 0.496 e. The van der Waals surface area contributed by atoms with Gasteiger partial charge in [0.25, 0.3) is 10.1 Å². The van der Waals surface area contributed by atoms with Crippen LogP contribution in [-0.4, -0.2) is 20.1 Å². The van der Waals surface area contributed by atoms with Crippen LogP contribution in [0.4, 0.5) is 0 Å². The molecule has 4 nitrogen and oxygen atoms in total. The van der Waals surface area contributed by atoms with E-state index in [1.165, 1.54) is 25.3 Å². The Labute approximate surface area is 96.6 Å². The maximum atomic E-state index is 10.7. The minimum atomic E-state index is -4.14. The Hall–Kier alpha value is -0.300. The Kier molecular flexibility index (Phi) is 4.87. The van der Waals surface area contributed by atoms with Crippen LogP contribution in [0.2, 0.25) is 0 Å². The molecular formula is C7H8BrClO4S. The van der Waals surface area contributed by atoms with E-state index in [2.05, 4.69) is 15.9 Å². The highest BCUT2D eigenvalue weighted by molar-refractivity contribution is 9.10. The monoisotopic (exact) mass is 302 g/mol. The average Bonchev–Trinajstić information content (AvgIpc) is 2.02. The van der Waals surface area contributed by atoms with Gasteiger partial charge in [-0.1, -0.05) is 0 Å². The molecular weight excluding hydrogens is 295 g/mol. The lowest BCUT2D eigenvalue weighted by Crippen LogP contribution is -1.98. The van der Waals surface area contributed by atoms with Crippen LogP contribution in [-0.2, 0) is 10.1 Å². The summed E-state index contributed by atoms with van der Waals surface area (Å²) >= 11 is 3.10. The van der Waals surface area contributed by atoms with Gasteiger partial charge in [0.2, 0.25) is 0 Å². The van der Waals surface area contributed by atoms with Gasteiger partial charge in [0.1, 0.15) is 5.75 Å². The summed E-state index contributed by atoms with van der Waals surface area (Å²) in [4.78, 5) is -0.167. The van der Waals surface area contributed by atoms with Crippen molar-refractivity contribution in [1.82, 2.24) is 0 Å². The van der Waals surface area contributed by atoms with Crippen LogP contribution in [0, 0.1) is 0 Å². The minimum absolute atomic E-state index is 0. The zero-order valence-electron chi connectivity index (χ0n) is 7.10. The third kappa shape index (κ3) is 3.13. The number of ether oxygens (including phenoxy) is 1. The SMILES string of the molecule is COc1ccc(S(=O)(=O)O)cc1Br.Cl. The van der Waals surface area contributed by atoms with Crippen molar-refractivity contribution >= 4 is 38.5 Å². The van der Waals surface area contributed by atoms with Gasteiger partial charge in [-0.05, 0) is 34.1 Å². The van der Waals surface area contributed by atoms with Crippen molar-refractivity contribution in [3.8, 4) is 5.75 Å². The lowest BCUT2D eigenvalue weighted by Gasteiger charge is -2.03. The molecule has 14 heavy (non-hydrogen) atoms. The summed E-state index contributed by atoms with van der Waals surface area (Å²) in [5.74, 6) is 0.507. The Morgan fingerprint density at radius 1 is 1.43 bits per heavy atom. The van der Waals surface area contributed by atoms with Gasteiger partial charge in [-0.2, -0.15) is 8.42 Å². The van der Waals surface area contributed by atoms with Crippen molar-refractivity contribution in [2.24, 2.45) is 0 Å². The summed E-state index contributed by atoms with van der Waals surface area (Å²) in [5, 5.41) is 0. The van der Waals surface area contributed by atoms with Gasteiger partial charge < -0.3 is 4.74 Å². The third-order valence-corrected chi connectivity index (χ3v) is 2.89. The van der Waals surface area contributed by atoms with E-state index in [1.54, 1.807) is 0 Å². The summed E-state index contributed by atoms with van der Waals surface area (Å²) in [6.45, 7) is 0. The Bertz CT molecular complexity index is 418. The number of benzene rings is 1. The maximum Gasteiger partial charge on any atom is 0.294 e. The lowest BCUT2D eigenvalue weighted by molar-refractivity contribution is 0.411. The maximum absolute atomic E-state index is 10.7. The number of hydrogen-bond acceptors (Lipinski definition) is 3. The summed E-state index contributed by atoms with van der Waals surface area (Å²) in [6.07, 6.45) is 0. The van der Waals surface area contributed by atoms with Crippen molar-refractivity contribution in [3.05, 3.63) is 22.7 Å². The average molecular weight is 304 g/mol. The highest BCUT2D eigenvalue weighted by Gasteiger charge is 2.11. The van der Waals surface area contributed by atoms with Crippen molar-refractivity contribution in [2.75, 3.05) is 7.11 Å². The van der Waals surface area contributed by atoms with Crippen LogP contribution in [0.25, 0.3) is 0 Å². The normalized spacial score (nSPS) is 10.5. The second kappa shape index (κ2) is 4.97. The molecule has 80 valence electrons. The zero-order chi connectivity index (χ0) is 10.1. The first-order chi connectivity index (χ1) is 5.95. The van der Waals surface area contributed by atoms with Crippen LogP contribution in [0.5, 0.6) is 5.75 Å². The molecule has 7 heteroatoms. The van der Waals surface area contributed by atoms with Gasteiger partial charge >= 0.3 is 0 Å². The van der Waals surface area contributed by atoms with Crippen LogP contribution >= 0.6 is 28.3 Å². The van der Waals surface area contributed by atoms with E-state index in [1.807, 2.05) is 0 Å². The van der Waals surface area contributed by atoms with Gasteiger partial charge in [0.05, 0.1) is 16.5 Å². The van der Waals surface area contributed by atoms with E-state index in [0.717, 1.165) is 0 Å². The standard InChI is InChI=1S/C7H7BrO4S.ClH/c1-12-7-3-2-5(4-6(7)8)13(9,10)11;/h2-4H,1H3,(H,9,10,11);1H. The van der Waals surface area contributed by atoms with Gasteiger partial charge in [-0.25, -0.2) is 0 Å². The molecule has 0 aromatic heterocycles. The number of rotatable bonds is 2. The fourth-order valence-electron chi connectivity index (χ4n) is 0.808. The van der Waals surface area contributed by atoms with Gasteiger partial charge in [-0.15, -0.1) is 12.4 Å². The predicted molar refractivity (Wildman–Crippen MR) is 57.8 cm³/mol. The highest BCUT2D eigenvalue weighted by Crippen LogP contribution is 2.27. The first kappa shape index (κ1) is 13.7.